The van der Waals surface area contributed by atoms with Crippen LogP contribution in [-0.4, -0.2) is 24.9 Å². The van der Waals surface area contributed by atoms with Gasteiger partial charge in [-0.2, -0.15) is 0 Å². The maximum absolute atomic E-state index is 13.6. The maximum Gasteiger partial charge on any atom is 0.255 e. The van der Waals surface area contributed by atoms with E-state index in [1.54, 1.807) is 18.2 Å². The molecule has 0 saturated carbocycles. The normalized spacial score (nSPS) is 10.2. The molecule has 0 saturated heterocycles. The van der Waals surface area contributed by atoms with Gasteiger partial charge in [0.1, 0.15) is 5.82 Å². The molecule has 2 N–H and O–H groups in total. The number of carbonyl (C=O) groups excluding carboxylic acids is 2. The molecule has 4 nitrogen and oxygen atoms in total. The first kappa shape index (κ1) is 17.0. The minimum absolute atomic E-state index is 0.0475. The van der Waals surface area contributed by atoms with E-state index in [4.69, 9.17) is 11.6 Å². The van der Waals surface area contributed by atoms with Gasteiger partial charge in [-0.3, -0.25) is 9.59 Å². The monoisotopic (exact) mass is 334 g/mol. The summed E-state index contributed by atoms with van der Waals surface area (Å²) in [5, 5.41) is 5.25. The Hall–Kier alpha value is -2.40. The predicted octanol–water partition coefficient (Wildman–Crippen LogP) is 2.95. The van der Waals surface area contributed by atoms with Gasteiger partial charge in [0.2, 0.25) is 0 Å². The second-order valence-electron chi connectivity index (χ2n) is 4.98. The van der Waals surface area contributed by atoms with E-state index < -0.39 is 11.7 Å². The number of nitrogens with one attached hydrogen (secondary N) is 2. The molecule has 0 aliphatic rings. The van der Waals surface area contributed by atoms with Gasteiger partial charge in [-0.05, 0) is 31.2 Å². The molecule has 0 unspecified atom stereocenters. The summed E-state index contributed by atoms with van der Waals surface area (Å²) < 4.78 is 13.6. The van der Waals surface area contributed by atoms with E-state index in [0.29, 0.717) is 5.56 Å². The van der Waals surface area contributed by atoms with Gasteiger partial charge < -0.3 is 10.6 Å². The Morgan fingerprint density at radius 1 is 1.04 bits per heavy atom. The van der Waals surface area contributed by atoms with Crippen LogP contribution in [-0.2, 0) is 0 Å². The molecule has 0 aliphatic heterocycles. The zero-order valence-electron chi connectivity index (χ0n) is 12.5. The van der Waals surface area contributed by atoms with Crippen LogP contribution in [0.2, 0.25) is 5.02 Å². The largest absolute Gasteiger partial charge is 0.350 e. The number of benzene rings is 2. The van der Waals surface area contributed by atoms with Crippen molar-refractivity contribution in [1.82, 2.24) is 10.6 Å². The summed E-state index contributed by atoms with van der Waals surface area (Å²) in [7, 11) is 0. The molecule has 23 heavy (non-hydrogen) atoms. The fourth-order valence-corrected chi connectivity index (χ4v) is 2.29. The van der Waals surface area contributed by atoms with Crippen molar-refractivity contribution in [2.45, 2.75) is 6.92 Å². The van der Waals surface area contributed by atoms with Gasteiger partial charge >= 0.3 is 0 Å². The number of carbonyl (C=O) groups is 2. The highest BCUT2D eigenvalue weighted by Crippen LogP contribution is 2.18. The van der Waals surface area contributed by atoms with Gasteiger partial charge in [-0.1, -0.05) is 35.4 Å². The quantitative estimate of drug-likeness (QED) is 0.826. The number of aryl methyl sites for hydroxylation is 1. The number of halogens is 2. The van der Waals surface area contributed by atoms with Gasteiger partial charge in [-0.15, -0.1) is 0 Å². The van der Waals surface area contributed by atoms with Crippen molar-refractivity contribution in [2.24, 2.45) is 0 Å². The second kappa shape index (κ2) is 7.74. The third-order valence-electron chi connectivity index (χ3n) is 3.17. The lowest BCUT2D eigenvalue weighted by Gasteiger charge is -2.09. The fraction of sp³-hybridized carbons (Fsp3) is 0.176. The predicted molar refractivity (Wildman–Crippen MR) is 87.3 cm³/mol. The highest BCUT2D eigenvalue weighted by Gasteiger charge is 2.15. The number of rotatable bonds is 5. The number of hydrogen-bond donors (Lipinski definition) is 2. The van der Waals surface area contributed by atoms with Crippen LogP contribution in [0.15, 0.2) is 42.5 Å². The molecule has 2 aromatic carbocycles. The van der Waals surface area contributed by atoms with Crippen LogP contribution in [0.25, 0.3) is 0 Å². The standard InChI is InChI=1S/C17H16ClFN2O2/c1-11-4-2-5-12(10-11)16(22)20-8-9-21-17(23)15-13(18)6-3-7-14(15)19/h2-7,10H,8-9H2,1H3,(H,20,22)(H,21,23). The van der Waals surface area contributed by atoms with E-state index in [0.717, 1.165) is 5.56 Å². The van der Waals surface area contributed by atoms with E-state index in [-0.39, 0.29) is 29.6 Å². The Bertz CT molecular complexity index is 714. The van der Waals surface area contributed by atoms with E-state index in [9.17, 15) is 14.0 Å². The molecule has 0 aliphatic carbocycles. The lowest BCUT2D eigenvalue weighted by atomic mass is 10.1. The molecular formula is C17H16ClFN2O2. The Morgan fingerprint density at radius 2 is 1.70 bits per heavy atom. The zero-order chi connectivity index (χ0) is 16.8. The molecule has 2 rings (SSSR count). The fourth-order valence-electron chi connectivity index (χ4n) is 2.04. The van der Waals surface area contributed by atoms with E-state index in [1.165, 1.54) is 18.2 Å². The van der Waals surface area contributed by atoms with Gasteiger partial charge in [0.25, 0.3) is 11.8 Å². The molecular weight excluding hydrogens is 319 g/mol. The van der Waals surface area contributed by atoms with Crippen LogP contribution in [0.3, 0.4) is 0 Å². The molecule has 2 aromatic rings. The first-order valence-corrected chi connectivity index (χ1v) is 7.44. The minimum Gasteiger partial charge on any atom is -0.350 e. The Balaban J connectivity index is 1.83. The molecule has 0 aromatic heterocycles. The molecule has 0 radical (unpaired) electrons. The van der Waals surface area contributed by atoms with Gasteiger partial charge in [-0.25, -0.2) is 4.39 Å². The van der Waals surface area contributed by atoms with Crippen molar-refractivity contribution >= 4 is 23.4 Å². The summed E-state index contributed by atoms with van der Waals surface area (Å²) in [4.78, 5) is 23.8. The summed E-state index contributed by atoms with van der Waals surface area (Å²) in [6.07, 6.45) is 0. The maximum atomic E-state index is 13.6. The van der Waals surface area contributed by atoms with Crippen LogP contribution in [0, 0.1) is 12.7 Å². The third kappa shape index (κ3) is 4.53. The molecule has 6 heteroatoms. The second-order valence-corrected chi connectivity index (χ2v) is 5.39. The molecule has 0 atom stereocenters. The summed E-state index contributed by atoms with van der Waals surface area (Å²) in [6.45, 7) is 2.29. The van der Waals surface area contributed by atoms with Crippen LogP contribution in [0.5, 0.6) is 0 Å². The molecule has 120 valence electrons. The summed E-state index contributed by atoms with van der Waals surface area (Å²) in [6, 6.07) is 11.2. The molecule has 0 bridgehead atoms. The van der Waals surface area contributed by atoms with Crippen molar-refractivity contribution in [3.8, 4) is 0 Å². The summed E-state index contributed by atoms with van der Waals surface area (Å²) in [5.74, 6) is -1.52. The Morgan fingerprint density at radius 3 is 2.35 bits per heavy atom. The van der Waals surface area contributed by atoms with Crippen molar-refractivity contribution in [2.75, 3.05) is 13.1 Å². The van der Waals surface area contributed by atoms with Gasteiger partial charge in [0.15, 0.2) is 0 Å². The molecule has 0 fully saturated rings. The summed E-state index contributed by atoms with van der Waals surface area (Å²) in [5.41, 5.74) is 1.34. The van der Waals surface area contributed by atoms with Crippen LogP contribution in [0.1, 0.15) is 26.3 Å². The molecule has 2 amide bonds. The van der Waals surface area contributed by atoms with Crippen molar-refractivity contribution in [1.29, 1.82) is 0 Å². The van der Waals surface area contributed by atoms with Crippen molar-refractivity contribution < 1.29 is 14.0 Å². The zero-order valence-corrected chi connectivity index (χ0v) is 13.3. The third-order valence-corrected chi connectivity index (χ3v) is 3.48. The highest BCUT2D eigenvalue weighted by molar-refractivity contribution is 6.33. The van der Waals surface area contributed by atoms with Gasteiger partial charge in [0.05, 0.1) is 10.6 Å². The lowest BCUT2D eigenvalue weighted by molar-refractivity contribution is 0.0925. The minimum atomic E-state index is -0.682. The first-order valence-electron chi connectivity index (χ1n) is 7.06. The van der Waals surface area contributed by atoms with Gasteiger partial charge in [0, 0.05) is 18.7 Å². The molecule has 0 heterocycles. The smallest absolute Gasteiger partial charge is 0.255 e. The number of hydrogen-bond acceptors (Lipinski definition) is 2. The average molecular weight is 335 g/mol. The lowest BCUT2D eigenvalue weighted by Crippen LogP contribution is -2.35. The summed E-state index contributed by atoms with van der Waals surface area (Å²) >= 11 is 5.81. The van der Waals surface area contributed by atoms with E-state index in [2.05, 4.69) is 10.6 Å². The highest BCUT2D eigenvalue weighted by atomic mass is 35.5. The SMILES string of the molecule is Cc1cccc(C(=O)NCCNC(=O)c2c(F)cccc2Cl)c1. The Labute approximate surface area is 138 Å². The van der Waals surface area contributed by atoms with Crippen LogP contribution in [0.4, 0.5) is 4.39 Å². The van der Waals surface area contributed by atoms with Crippen molar-refractivity contribution in [3.63, 3.8) is 0 Å². The molecule has 0 spiro atoms. The van der Waals surface area contributed by atoms with Crippen LogP contribution < -0.4 is 10.6 Å². The number of amides is 2. The Kier molecular flexibility index (Phi) is 5.71. The first-order chi connectivity index (χ1) is 11.0. The van der Waals surface area contributed by atoms with E-state index >= 15 is 0 Å². The van der Waals surface area contributed by atoms with E-state index in [1.807, 2.05) is 13.0 Å². The van der Waals surface area contributed by atoms with Crippen molar-refractivity contribution in [3.05, 3.63) is 70.0 Å². The van der Waals surface area contributed by atoms with Crippen LogP contribution >= 0.6 is 11.6 Å². The average Bonchev–Trinajstić information content (AvgIpc) is 2.51. The topological polar surface area (TPSA) is 58.2 Å².